The van der Waals surface area contributed by atoms with Crippen LogP contribution in [0.4, 0.5) is 11.4 Å². The van der Waals surface area contributed by atoms with E-state index >= 15 is 0 Å². The molecule has 0 aliphatic carbocycles. The number of para-hydroxylation sites is 1. The van der Waals surface area contributed by atoms with E-state index < -0.39 is 0 Å². The zero-order valence-corrected chi connectivity index (χ0v) is 16.7. The number of fused-ring (bicyclic) bond motifs is 2. The molecular formula is C27H21N3. The molecule has 0 unspecified atom stereocenters. The van der Waals surface area contributed by atoms with Crippen LogP contribution in [0.2, 0.25) is 0 Å². The first-order chi connectivity index (χ1) is 14.8. The van der Waals surface area contributed by atoms with Crippen LogP contribution >= 0.6 is 0 Å². The van der Waals surface area contributed by atoms with Crippen LogP contribution in [0.5, 0.6) is 0 Å². The van der Waals surface area contributed by atoms with Crippen molar-refractivity contribution in [1.82, 2.24) is 4.57 Å². The average molecular weight is 387 g/mol. The Balaban J connectivity index is 1.54. The molecular weight excluding hydrogens is 366 g/mol. The van der Waals surface area contributed by atoms with Gasteiger partial charge in [0.15, 0.2) is 0 Å². The Kier molecular flexibility index (Phi) is 4.70. The molecule has 0 saturated heterocycles. The van der Waals surface area contributed by atoms with E-state index in [0.29, 0.717) is 0 Å². The quantitative estimate of drug-likeness (QED) is 0.239. The number of benzene rings is 4. The summed E-state index contributed by atoms with van der Waals surface area (Å²) in [5.41, 5.74) is 4.00. The second-order valence-electron chi connectivity index (χ2n) is 7.26. The third-order valence-corrected chi connectivity index (χ3v) is 5.37. The molecule has 0 aliphatic rings. The van der Waals surface area contributed by atoms with Gasteiger partial charge in [-0.05, 0) is 41.1 Å². The molecule has 0 radical (unpaired) electrons. The van der Waals surface area contributed by atoms with E-state index in [1.54, 1.807) is 0 Å². The maximum absolute atomic E-state index is 4.93. The second kappa shape index (κ2) is 7.80. The van der Waals surface area contributed by atoms with Gasteiger partial charge in [-0.25, -0.2) is 0 Å². The summed E-state index contributed by atoms with van der Waals surface area (Å²) in [6.45, 7) is 0. The minimum Gasteiger partial charge on any atom is -0.342 e. The van der Waals surface area contributed by atoms with Gasteiger partial charge in [0.05, 0.1) is 35.2 Å². The molecule has 4 aromatic carbocycles. The third kappa shape index (κ3) is 3.42. The maximum atomic E-state index is 4.93. The van der Waals surface area contributed by atoms with Gasteiger partial charge < -0.3 is 4.57 Å². The largest absolute Gasteiger partial charge is 0.342 e. The minimum absolute atomic E-state index is 0.941. The van der Waals surface area contributed by atoms with Crippen molar-refractivity contribution in [3.63, 3.8) is 0 Å². The highest BCUT2D eigenvalue weighted by Gasteiger charge is 2.07. The average Bonchev–Trinajstić information content (AvgIpc) is 3.15. The molecule has 0 bridgehead atoms. The van der Waals surface area contributed by atoms with Gasteiger partial charge in [0, 0.05) is 17.8 Å². The Morgan fingerprint density at radius 2 is 1.13 bits per heavy atom. The Morgan fingerprint density at radius 1 is 0.600 bits per heavy atom. The Labute approximate surface area is 175 Å². The van der Waals surface area contributed by atoms with Crippen molar-refractivity contribution in [1.29, 1.82) is 0 Å². The minimum atomic E-state index is 0.941. The number of nitrogens with zero attached hydrogens (tertiary/aromatic N) is 3. The molecule has 0 amide bonds. The van der Waals surface area contributed by atoms with Crippen LogP contribution in [0.15, 0.2) is 107 Å². The number of hydrogen-bond donors (Lipinski definition) is 0. The van der Waals surface area contributed by atoms with Crippen molar-refractivity contribution in [2.75, 3.05) is 0 Å². The van der Waals surface area contributed by atoms with Gasteiger partial charge in [-0.15, -0.1) is 0 Å². The van der Waals surface area contributed by atoms with Crippen molar-refractivity contribution in [2.24, 2.45) is 17.0 Å². The molecule has 30 heavy (non-hydrogen) atoms. The molecule has 5 aromatic rings. The highest BCUT2D eigenvalue weighted by atomic mass is 15.0. The Morgan fingerprint density at radius 3 is 1.77 bits per heavy atom. The van der Waals surface area contributed by atoms with Crippen LogP contribution < -0.4 is 0 Å². The number of aliphatic imine (C=N–C) groups is 2. The summed E-state index contributed by atoms with van der Waals surface area (Å²) in [6, 6.07) is 33.1. The monoisotopic (exact) mass is 387 g/mol. The lowest BCUT2D eigenvalue weighted by atomic mass is 10.0. The normalized spacial score (nSPS) is 11.9. The van der Waals surface area contributed by atoms with Gasteiger partial charge in [0.25, 0.3) is 0 Å². The predicted molar refractivity (Wildman–Crippen MR) is 128 cm³/mol. The van der Waals surface area contributed by atoms with Crippen molar-refractivity contribution in [3.8, 4) is 0 Å². The summed E-state index contributed by atoms with van der Waals surface area (Å²) in [4.78, 5) is 9.50. The molecule has 0 fully saturated rings. The summed E-state index contributed by atoms with van der Waals surface area (Å²) in [5.74, 6) is 0. The van der Waals surface area contributed by atoms with E-state index in [0.717, 1.165) is 33.5 Å². The summed E-state index contributed by atoms with van der Waals surface area (Å²) < 4.78 is 2.10. The standard InChI is InChI=1S/C27H21N3/c1-30-23(18-28-22-11-3-2-4-12-22)15-16-24(30)19-29-27-25-13-7-5-9-20(25)17-21-10-6-8-14-26(21)27/h2-19H,1H3. The Bertz CT molecular complexity index is 1340. The maximum Gasteiger partial charge on any atom is 0.0787 e. The second-order valence-corrected chi connectivity index (χ2v) is 7.26. The first-order valence-electron chi connectivity index (χ1n) is 9.99. The van der Waals surface area contributed by atoms with Gasteiger partial charge in [-0.1, -0.05) is 66.7 Å². The van der Waals surface area contributed by atoms with Crippen LogP contribution in [-0.4, -0.2) is 17.0 Å². The van der Waals surface area contributed by atoms with Gasteiger partial charge in [-0.3, -0.25) is 9.98 Å². The van der Waals surface area contributed by atoms with Crippen molar-refractivity contribution in [2.45, 2.75) is 0 Å². The summed E-state index contributed by atoms with van der Waals surface area (Å²) in [6.07, 6.45) is 3.83. The number of aromatic nitrogens is 1. The van der Waals surface area contributed by atoms with Gasteiger partial charge in [-0.2, -0.15) is 0 Å². The lowest BCUT2D eigenvalue weighted by molar-refractivity contribution is 0.909. The molecule has 3 heteroatoms. The molecule has 5 rings (SSSR count). The van der Waals surface area contributed by atoms with E-state index in [2.05, 4.69) is 76.3 Å². The first-order valence-corrected chi connectivity index (χ1v) is 9.99. The number of hydrogen-bond acceptors (Lipinski definition) is 2. The highest BCUT2D eigenvalue weighted by Crippen LogP contribution is 2.34. The number of rotatable bonds is 4. The fourth-order valence-corrected chi connectivity index (χ4v) is 3.72. The summed E-state index contributed by atoms with van der Waals surface area (Å²) in [7, 11) is 2.04. The summed E-state index contributed by atoms with van der Waals surface area (Å²) in [5, 5.41) is 4.72. The topological polar surface area (TPSA) is 29.6 Å². The smallest absolute Gasteiger partial charge is 0.0787 e. The molecule has 0 N–H and O–H groups in total. The van der Waals surface area contributed by atoms with Crippen LogP contribution in [-0.2, 0) is 7.05 Å². The van der Waals surface area contributed by atoms with Crippen LogP contribution in [0.1, 0.15) is 11.4 Å². The van der Waals surface area contributed by atoms with Crippen LogP contribution in [0.3, 0.4) is 0 Å². The molecule has 0 aliphatic heterocycles. The van der Waals surface area contributed by atoms with Crippen molar-refractivity contribution in [3.05, 3.63) is 108 Å². The van der Waals surface area contributed by atoms with Gasteiger partial charge in [0.2, 0.25) is 0 Å². The van der Waals surface area contributed by atoms with Crippen LogP contribution in [0, 0.1) is 0 Å². The third-order valence-electron chi connectivity index (χ3n) is 5.37. The van der Waals surface area contributed by atoms with Gasteiger partial charge in [0.1, 0.15) is 0 Å². The molecule has 0 saturated carbocycles. The predicted octanol–water partition coefficient (Wildman–Crippen LogP) is 6.83. The lowest BCUT2D eigenvalue weighted by Gasteiger charge is -2.08. The van der Waals surface area contributed by atoms with E-state index in [4.69, 9.17) is 4.99 Å². The fraction of sp³-hybridized carbons (Fsp3) is 0.0370. The lowest BCUT2D eigenvalue weighted by Crippen LogP contribution is -1.99. The van der Waals surface area contributed by atoms with E-state index in [9.17, 15) is 0 Å². The molecule has 144 valence electrons. The fourth-order valence-electron chi connectivity index (χ4n) is 3.72. The highest BCUT2D eigenvalue weighted by molar-refractivity contribution is 6.10. The van der Waals surface area contributed by atoms with E-state index in [1.165, 1.54) is 10.8 Å². The molecule has 1 heterocycles. The molecule has 0 spiro atoms. The van der Waals surface area contributed by atoms with Crippen molar-refractivity contribution < 1.29 is 0 Å². The van der Waals surface area contributed by atoms with E-state index in [1.807, 2.05) is 49.8 Å². The van der Waals surface area contributed by atoms with Crippen LogP contribution in [0.25, 0.3) is 21.5 Å². The Hall–Kier alpha value is -3.98. The molecule has 3 nitrogen and oxygen atoms in total. The zero-order valence-electron chi connectivity index (χ0n) is 16.7. The van der Waals surface area contributed by atoms with Gasteiger partial charge >= 0.3 is 0 Å². The zero-order chi connectivity index (χ0) is 20.3. The molecule has 1 aromatic heterocycles. The first kappa shape index (κ1) is 18.1. The van der Waals surface area contributed by atoms with Crippen molar-refractivity contribution >= 4 is 45.3 Å². The molecule has 0 atom stereocenters. The van der Waals surface area contributed by atoms with E-state index in [-0.39, 0.29) is 0 Å². The SMILES string of the molecule is Cn1c(C=Nc2ccccc2)ccc1C=Nc1c2ccccc2cc2ccccc12. The summed E-state index contributed by atoms with van der Waals surface area (Å²) >= 11 is 0.